The van der Waals surface area contributed by atoms with E-state index in [9.17, 15) is 4.79 Å². The lowest BCUT2D eigenvalue weighted by molar-refractivity contribution is -0.690. The molecule has 3 heteroatoms. The molecule has 80 valence electrons. The predicted molar refractivity (Wildman–Crippen MR) is 60.7 cm³/mol. The van der Waals surface area contributed by atoms with E-state index in [1.54, 1.807) is 6.07 Å². The van der Waals surface area contributed by atoms with Gasteiger partial charge in [-0.1, -0.05) is 30.3 Å². The standard InChI is InChI=1S/C13H12N2O/c14-13(16)12-8-4-5-9-15(12)10-11-6-2-1-3-7-11/h1-9H,10H2,(H-,14,16)/p+1. The van der Waals surface area contributed by atoms with Crippen LogP contribution in [-0.2, 0) is 6.54 Å². The molecule has 0 aliphatic heterocycles. The number of amides is 1. The summed E-state index contributed by atoms with van der Waals surface area (Å²) in [7, 11) is 0. The lowest BCUT2D eigenvalue weighted by Gasteiger charge is -2.00. The molecule has 0 spiro atoms. The summed E-state index contributed by atoms with van der Waals surface area (Å²) < 4.78 is 1.84. The minimum absolute atomic E-state index is 0.406. The summed E-state index contributed by atoms with van der Waals surface area (Å²) in [5.41, 5.74) is 6.97. The maximum absolute atomic E-state index is 11.2. The molecule has 1 heterocycles. The highest BCUT2D eigenvalue weighted by Gasteiger charge is 2.14. The number of nitrogens with two attached hydrogens (primary N) is 1. The number of pyridine rings is 1. The van der Waals surface area contributed by atoms with Crippen LogP contribution >= 0.6 is 0 Å². The van der Waals surface area contributed by atoms with Gasteiger partial charge < -0.3 is 5.73 Å². The van der Waals surface area contributed by atoms with Crippen molar-refractivity contribution in [1.82, 2.24) is 0 Å². The first-order valence-electron chi connectivity index (χ1n) is 5.09. The number of benzene rings is 1. The summed E-state index contributed by atoms with van der Waals surface area (Å²) in [4.78, 5) is 11.2. The van der Waals surface area contributed by atoms with E-state index in [0.717, 1.165) is 5.56 Å². The molecule has 0 bridgehead atoms. The number of primary amides is 1. The highest BCUT2D eigenvalue weighted by atomic mass is 16.1. The fourth-order valence-electron chi connectivity index (χ4n) is 1.62. The smallest absolute Gasteiger partial charge is 0.313 e. The number of rotatable bonds is 3. The van der Waals surface area contributed by atoms with Crippen LogP contribution in [0.1, 0.15) is 16.1 Å². The van der Waals surface area contributed by atoms with Crippen molar-refractivity contribution in [2.45, 2.75) is 6.54 Å². The minimum Gasteiger partial charge on any atom is -0.360 e. The van der Waals surface area contributed by atoms with Gasteiger partial charge in [-0.05, 0) is 6.07 Å². The fraction of sp³-hybridized carbons (Fsp3) is 0.0769. The van der Waals surface area contributed by atoms with Crippen molar-refractivity contribution in [3.05, 3.63) is 66.0 Å². The van der Waals surface area contributed by atoms with Crippen molar-refractivity contribution in [3.8, 4) is 0 Å². The number of nitrogens with zero attached hydrogens (tertiary/aromatic N) is 1. The van der Waals surface area contributed by atoms with E-state index in [2.05, 4.69) is 0 Å². The van der Waals surface area contributed by atoms with Gasteiger partial charge in [-0.25, -0.2) is 0 Å². The average molecular weight is 213 g/mol. The van der Waals surface area contributed by atoms with Crippen molar-refractivity contribution in [1.29, 1.82) is 0 Å². The molecule has 16 heavy (non-hydrogen) atoms. The van der Waals surface area contributed by atoms with Crippen LogP contribution < -0.4 is 10.3 Å². The summed E-state index contributed by atoms with van der Waals surface area (Å²) in [5.74, 6) is -0.406. The fourth-order valence-corrected chi connectivity index (χ4v) is 1.62. The van der Waals surface area contributed by atoms with Crippen LogP contribution in [0, 0.1) is 0 Å². The van der Waals surface area contributed by atoms with E-state index in [1.807, 2.05) is 53.2 Å². The lowest BCUT2D eigenvalue weighted by atomic mass is 10.2. The summed E-state index contributed by atoms with van der Waals surface area (Å²) in [6.07, 6.45) is 1.85. The zero-order valence-electron chi connectivity index (χ0n) is 8.84. The molecular weight excluding hydrogens is 200 g/mol. The van der Waals surface area contributed by atoms with Gasteiger partial charge >= 0.3 is 5.91 Å². The van der Waals surface area contributed by atoms with Crippen molar-refractivity contribution < 1.29 is 9.36 Å². The summed E-state index contributed by atoms with van der Waals surface area (Å²) in [6, 6.07) is 15.4. The molecule has 2 N–H and O–H groups in total. The number of aromatic nitrogens is 1. The van der Waals surface area contributed by atoms with Gasteiger partial charge in [0.15, 0.2) is 12.7 Å². The van der Waals surface area contributed by atoms with Gasteiger partial charge in [0.1, 0.15) is 0 Å². The first kappa shape index (κ1) is 10.4. The second-order valence-electron chi connectivity index (χ2n) is 3.56. The molecule has 3 nitrogen and oxygen atoms in total. The van der Waals surface area contributed by atoms with E-state index in [4.69, 9.17) is 5.73 Å². The molecule has 0 aliphatic carbocycles. The quantitative estimate of drug-likeness (QED) is 0.763. The topological polar surface area (TPSA) is 47.0 Å². The third-order valence-electron chi connectivity index (χ3n) is 2.39. The van der Waals surface area contributed by atoms with Crippen LogP contribution in [0.2, 0.25) is 0 Å². The van der Waals surface area contributed by atoms with Crippen molar-refractivity contribution in [3.63, 3.8) is 0 Å². The largest absolute Gasteiger partial charge is 0.360 e. The van der Waals surface area contributed by atoms with Gasteiger partial charge in [-0.15, -0.1) is 0 Å². The van der Waals surface area contributed by atoms with E-state index >= 15 is 0 Å². The second kappa shape index (κ2) is 4.57. The highest BCUT2D eigenvalue weighted by Crippen LogP contribution is 1.99. The Morgan fingerprint density at radius 3 is 2.44 bits per heavy atom. The van der Waals surface area contributed by atoms with Gasteiger partial charge in [0.05, 0.1) is 0 Å². The molecule has 0 aliphatic rings. The third kappa shape index (κ3) is 2.25. The monoisotopic (exact) mass is 213 g/mol. The van der Waals surface area contributed by atoms with Gasteiger partial charge in [0.2, 0.25) is 0 Å². The molecule has 1 aromatic heterocycles. The Hall–Kier alpha value is -2.16. The molecule has 1 amide bonds. The molecule has 2 rings (SSSR count). The van der Waals surface area contributed by atoms with Gasteiger partial charge in [-0.3, -0.25) is 4.79 Å². The number of carbonyl (C=O) groups excluding carboxylic acids is 1. The van der Waals surface area contributed by atoms with E-state index in [0.29, 0.717) is 12.2 Å². The van der Waals surface area contributed by atoms with E-state index in [1.165, 1.54) is 0 Å². The van der Waals surface area contributed by atoms with Gasteiger partial charge in [0.25, 0.3) is 5.69 Å². The third-order valence-corrected chi connectivity index (χ3v) is 2.39. The minimum atomic E-state index is -0.406. The number of hydrogen-bond acceptors (Lipinski definition) is 1. The van der Waals surface area contributed by atoms with Crippen LogP contribution in [0.25, 0.3) is 0 Å². The van der Waals surface area contributed by atoms with E-state index < -0.39 is 5.91 Å². The van der Waals surface area contributed by atoms with Crippen molar-refractivity contribution in [2.75, 3.05) is 0 Å². The molecule has 0 unspecified atom stereocenters. The predicted octanol–water partition coefficient (Wildman–Crippen LogP) is 1.12. The highest BCUT2D eigenvalue weighted by molar-refractivity contribution is 5.89. The average Bonchev–Trinajstić information content (AvgIpc) is 2.31. The molecule has 1 aromatic carbocycles. The SMILES string of the molecule is NC(=O)c1cccc[n+]1Cc1ccccc1. The Labute approximate surface area is 94.1 Å². The van der Waals surface area contributed by atoms with Crippen molar-refractivity contribution >= 4 is 5.91 Å². The molecule has 2 aromatic rings. The molecule has 0 saturated heterocycles. The Bertz CT molecular complexity index is 494. The molecule has 0 atom stereocenters. The maximum atomic E-state index is 11.2. The Kier molecular flexibility index (Phi) is 2.96. The zero-order valence-corrected chi connectivity index (χ0v) is 8.84. The van der Waals surface area contributed by atoms with Crippen molar-refractivity contribution in [2.24, 2.45) is 5.73 Å². The van der Waals surface area contributed by atoms with Crippen LogP contribution in [0.3, 0.4) is 0 Å². The van der Waals surface area contributed by atoms with Crippen LogP contribution in [0.15, 0.2) is 54.7 Å². The normalized spacial score (nSPS) is 10.0. The first-order chi connectivity index (χ1) is 7.77. The Morgan fingerprint density at radius 2 is 1.75 bits per heavy atom. The molecule has 0 radical (unpaired) electrons. The second-order valence-corrected chi connectivity index (χ2v) is 3.56. The zero-order chi connectivity index (χ0) is 11.4. The molecule has 0 saturated carbocycles. The van der Waals surface area contributed by atoms with Crippen LogP contribution in [-0.4, -0.2) is 5.91 Å². The Balaban J connectivity index is 2.31. The van der Waals surface area contributed by atoms with Crippen LogP contribution in [0.4, 0.5) is 0 Å². The Morgan fingerprint density at radius 1 is 1.06 bits per heavy atom. The maximum Gasteiger partial charge on any atom is 0.313 e. The number of carbonyl (C=O) groups is 1. The summed E-state index contributed by atoms with van der Waals surface area (Å²) in [6.45, 7) is 0.653. The van der Waals surface area contributed by atoms with Crippen LogP contribution in [0.5, 0.6) is 0 Å². The molecule has 0 fully saturated rings. The molecular formula is C13H13N2O+. The summed E-state index contributed by atoms with van der Waals surface area (Å²) in [5, 5.41) is 0. The van der Waals surface area contributed by atoms with E-state index in [-0.39, 0.29) is 0 Å². The van der Waals surface area contributed by atoms with Gasteiger partial charge in [0, 0.05) is 17.7 Å². The lowest BCUT2D eigenvalue weighted by Crippen LogP contribution is -2.42. The summed E-state index contributed by atoms with van der Waals surface area (Å²) >= 11 is 0. The first-order valence-corrected chi connectivity index (χ1v) is 5.09. The number of hydrogen-bond donors (Lipinski definition) is 1. The van der Waals surface area contributed by atoms with Gasteiger partial charge in [-0.2, -0.15) is 4.57 Å².